The second-order valence-electron chi connectivity index (χ2n) is 6.14. The Morgan fingerprint density at radius 2 is 1.91 bits per heavy atom. The fourth-order valence-electron chi connectivity index (χ4n) is 3.21. The number of likely N-dealkylation sites (tertiary alicyclic amines) is 1. The zero-order valence-electron chi connectivity index (χ0n) is 13.1. The second kappa shape index (κ2) is 6.77. The van der Waals surface area contributed by atoms with Gasteiger partial charge >= 0.3 is 0 Å². The lowest BCUT2D eigenvalue weighted by molar-refractivity contribution is 0.0462. The van der Waals surface area contributed by atoms with Crippen molar-refractivity contribution in [2.24, 2.45) is 5.92 Å². The van der Waals surface area contributed by atoms with Gasteiger partial charge in [0.05, 0.1) is 11.7 Å². The van der Waals surface area contributed by atoms with Crippen LogP contribution in [-0.4, -0.2) is 34.0 Å². The van der Waals surface area contributed by atoms with E-state index in [1.165, 1.54) is 0 Å². The minimum Gasteiger partial charge on any atom is -0.388 e. The first-order valence-electron chi connectivity index (χ1n) is 7.93. The van der Waals surface area contributed by atoms with Crippen LogP contribution in [-0.2, 0) is 0 Å². The lowest BCUT2D eigenvalue weighted by Crippen LogP contribution is -2.39. The van der Waals surface area contributed by atoms with Crippen molar-refractivity contribution in [1.29, 1.82) is 0 Å². The van der Waals surface area contributed by atoms with E-state index in [2.05, 4.69) is 4.98 Å². The SMILES string of the molecule is Cc1[nH]ccc1C(=O)N1CCC(C(O)c2ccc(Cl)cc2)CC1. The van der Waals surface area contributed by atoms with Gasteiger partial charge in [-0.05, 0) is 49.4 Å². The summed E-state index contributed by atoms with van der Waals surface area (Å²) in [7, 11) is 0. The molecule has 3 rings (SSSR count). The van der Waals surface area contributed by atoms with Crippen LogP contribution in [0.3, 0.4) is 0 Å². The van der Waals surface area contributed by atoms with Gasteiger partial charge in [-0.2, -0.15) is 0 Å². The Kier molecular flexibility index (Phi) is 4.74. The van der Waals surface area contributed by atoms with Gasteiger partial charge in [-0.15, -0.1) is 0 Å². The summed E-state index contributed by atoms with van der Waals surface area (Å²) in [4.78, 5) is 17.4. The molecule has 1 unspecified atom stereocenters. The van der Waals surface area contributed by atoms with E-state index in [0.717, 1.165) is 29.7 Å². The number of aromatic nitrogens is 1. The molecule has 1 saturated heterocycles. The first-order valence-corrected chi connectivity index (χ1v) is 8.31. The molecule has 1 aromatic heterocycles. The largest absolute Gasteiger partial charge is 0.388 e. The summed E-state index contributed by atoms with van der Waals surface area (Å²) in [6.07, 6.45) is 2.90. The number of piperidine rings is 1. The number of aryl methyl sites for hydroxylation is 1. The summed E-state index contributed by atoms with van der Waals surface area (Å²) in [6, 6.07) is 9.16. The van der Waals surface area contributed by atoms with Gasteiger partial charge in [-0.25, -0.2) is 0 Å². The lowest BCUT2D eigenvalue weighted by atomic mass is 9.87. The van der Waals surface area contributed by atoms with E-state index in [0.29, 0.717) is 18.1 Å². The molecule has 1 aromatic carbocycles. The number of hydrogen-bond donors (Lipinski definition) is 2. The first-order chi connectivity index (χ1) is 11.1. The fraction of sp³-hybridized carbons (Fsp3) is 0.389. The standard InChI is InChI=1S/C18H21ClN2O2/c1-12-16(6-9-20-12)18(23)21-10-7-14(8-11-21)17(22)13-2-4-15(19)5-3-13/h2-6,9,14,17,20,22H,7-8,10-11H2,1H3. The molecule has 122 valence electrons. The van der Waals surface area contributed by atoms with Crippen molar-refractivity contribution in [2.75, 3.05) is 13.1 Å². The number of aromatic amines is 1. The molecule has 2 N–H and O–H groups in total. The number of amides is 1. The zero-order valence-corrected chi connectivity index (χ0v) is 13.9. The quantitative estimate of drug-likeness (QED) is 0.903. The molecule has 2 aromatic rings. The van der Waals surface area contributed by atoms with E-state index >= 15 is 0 Å². The summed E-state index contributed by atoms with van der Waals surface area (Å²) in [5, 5.41) is 11.2. The Morgan fingerprint density at radius 1 is 1.26 bits per heavy atom. The van der Waals surface area contributed by atoms with E-state index < -0.39 is 6.10 Å². The maximum absolute atomic E-state index is 12.5. The molecule has 0 radical (unpaired) electrons. The monoisotopic (exact) mass is 332 g/mol. The predicted octanol–water partition coefficient (Wildman–Crippen LogP) is 3.56. The maximum atomic E-state index is 12.5. The number of aliphatic hydroxyl groups is 1. The van der Waals surface area contributed by atoms with Crippen LogP contribution in [0.1, 0.15) is 40.6 Å². The smallest absolute Gasteiger partial charge is 0.255 e. The number of aliphatic hydroxyl groups excluding tert-OH is 1. The predicted molar refractivity (Wildman–Crippen MR) is 90.6 cm³/mol. The van der Waals surface area contributed by atoms with Crippen molar-refractivity contribution in [3.63, 3.8) is 0 Å². The lowest BCUT2D eigenvalue weighted by Gasteiger charge is -2.34. The summed E-state index contributed by atoms with van der Waals surface area (Å²) >= 11 is 5.89. The fourth-order valence-corrected chi connectivity index (χ4v) is 3.33. The topological polar surface area (TPSA) is 56.3 Å². The van der Waals surface area contributed by atoms with Crippen molar-refractivity contribution in [2.45, 2.75) is 25.9 Å². The molecule has 1 aliphatic heterocycles. The number of halogens is 1. The van der Waals surface area contributed by atoms with Gasteiger partial charge in [-0.1, -0.05) is 23.7 Å². The first kappa shape index (κ1) is 16.1. The van der Waals surface area contributed by atoms with Crippen molar-refractivity contribution < 1.29 is 9.90 Å². The molecule has 23 heavy (non-hydrogen) atoms. The molecular weight excluding hydrogens is 312 g/mol. The third kappa shape index (κ3) is 3.43. The highest BCUT2D eigenvalue weighted by molar-refractivity contribution is 6.30. The number of benzene rings is 1. The number of carbonyl (C=O) groups is 1. The summed E-state index contributed by atoms with van der Waals surface area (Å²) in [6.45, 7) is 3.27. The Balaban J connectivity index is 1.61. The second-order valence-corrected chi connectivity index (χ2v) is 6.58. The Hall–Kier alpha value is -1.78. The van der Waals surface area contributed by atoms with E-state index in [9.17, 15) is 9.90 Å². The molecule has 0 bridgehead atoms. The average Bonchev–Trinajstić information content (AvgIpc) is 3.00. The highest BCUT2D eigenvalue weighted by atomic mass is 35.5. The number of nitrogens with one attached hydrogen (secondary N) is 1. The highest BCUT2D eigenvalue weighted by Gasteiger charge is 2.29. The van der Waals surface area contributed by atoms with Gasteiger partial charge in [0.25, 0.3) is 5.91 Å². The average molecular weight is 333 g/mol. The van der Waals surface area contributed by atoms with Crippen LogP contribution < -0.4 is 0 Å². The van der Waals surface area contributed by atoms with Crippen LogP contribution in [0.5, 0.6) is 0 Å². The summed E-state index contributed by atoms with van der Waals surface area (Å²) in [5.41, 5.74) is 2.53. The third-order valence-corrected chi connectivity index (χ3v) is 4.92. The van der Waals surface area contributed by atoms with Crippen LogP contribution in [0.4, 0.5) is 0 Å². The van der Waals surface area contributed by atoms with Crippen molar-refractivity contribution >= 4 is 17.5 Å². The van der Waals surface area contributed by atoms with Gasteiger partial charge in [0.2, 0.25) is 0 Å². The minimum absolute atomic E-state index is 0.0724. The van der Waals surface area contributed by atoms with Gasteiger partial charge < -0.3 is 15.0 Å². The molecule has 1 atom stereocenters. The maximum Gasteiger partial charge on any atom is 0.255 e. The van der Waals surface area contributed by atoms with E-state index in [-0.39, 0.29) is 11.8 Å². The number of rotatable bonds is 3. The Morgan fingerprint density at radius 3 is 2.48 bits per heavy atom. The van der Waals surface area contributed by atoms with Crippen molar-refractivity contribution in [3.05, 3.63) is 58.4 Å². The van der Waals surface area contributed by atoms with Crippen LogP contribution >= 0.6 is 11.6 Å². The molecule has 0 saturated carbocycles. The molecule has 1 amide bonds. The minimum atomic E-state index is -0.501. The summed E-state index contributed by atoms with van der Waals surface area (Å²) in [5.74, 6) is 0.246. The van der Waals surface area contributed by atoms with Crippen LogP contribution in [0.15, 0.2) is 36.5 Å². The van der Waals surface area contributed by atoms with Crippen LogP contribution in [0, 0.1) is 12.8 Å². The highest BCUT2D eigenvalue weighted by Crippen LogP contribution is 2.31. The molecular formula is C18H21ClN2O2. The molecule has 0 spiro atoms. The van der Waals surface area contributed by atoms with Gasteiger partial charge in [0.15, 0.2) is 0 Å². The third-order valence-electron chi connectivity index (χ3n) is 4.67. The van der Waals surface area contributed by atoms with Gasteiger partial charge in [0.1, 0.15) is 0 Å². The number of carbonyl (C=O) groups excluding carboxylic acids is 1. The van der Waals surface area contributed by atoms with Crippen molar-refractivity contribution in [1.82, 2.24) is 9.88 Å². The summed E-state index contributed by atoms with van der Waals surface area (Å²) < 4.78 is 0. The van der Waals surface area contributed by atoms with Crippen LogP contribution in [0.25, 0.3) is 0 Å². The normalized spacial score (nSPS) is 17.3. The van der Waals surface area contributed by atoms with Crippen molar-refractivity contribution in [3.8, 4) is 0 Å². The Labute approximate surface area is 141 Å². The number of nitrogens with zero attached hydrogens (tertiary/aromatic N) is 1. The van der Waals surface area contributed by atoms with E-state index in [4.69, 9.17) is 11.6 Å². The van der Waals surface area contributed by atoms with Gasteiger partial charge in [-0.3, -0.25) is 4.79 Å². The molecule has 0 aliphatic carbocycles. The van der Waals surface area contributed by atoms with E-state index in [1.54, 1.807) is 18.3 Å². The van der Waals surface area contributed by atoms with Gasteiger partial charge in [0, 0.05) is 30.0 Å². The van der Waals surface area contributed by atoms with E-state index in [1.807, 2.05) is 30.0 Å². The Bertz CT molecular complexity index is 673. The number of hydrogen-bond acceptors (Lipinski definition) is 2. The van der Waals surface area contributed by atoms with Crippen LogP contribution in [0.2, 0.25) is 5.02 Å². The molecule has 1 fully saturated rings. The molecule has 1 aliphatic rings. The molecule has 5 heteroatoms. The molecule has 4 nitrogen and oxygen atoms in total. The number of H-pyrrole nitrogens is 1. The molecule has 2 heterocycles. The zero-order chi connectivity index (χ0) is 16.4.